The Hall–Kier alpha value is -2.67. The van der Waals surface area contributed by atoms with Crippen molar-refractivity contribution in [2.24, 2.45) is 0 Å². The standard InChI is InChI=1S/C17H23N5O2/c1-22(2)11-5-9-18-15-8-10-19-17(21-15)20-14-7-4-6-13(12-14)16(23)24-3/h4,6-8,10,12H,5,9,11H2,1-3H3,(H2,18,19,20,21). The lowest BCUT2D eigenvalue weighted by atomic mass is 10.2. The summed E-state index contributed by atoms with van der Waals surface area (Å²) < 4.78 is 4.72. The largest absolute Gasteiger partial charge is 0.465 e. The number of esters is 1. The van der Waals surface area contributed by atoms with Crippen LogP contribution in [0.15, 0.2) is 36.5 Å². The molecule has 0 radical (unpaired) electrons. The predicted molar refractivity (Wildman–Crippen MR) is 94.8 cm³/mol. The molecule has 0 aliphatic carbocycles. The molecule has 0 bridgehead atoms. The first-order valence-corrected chi connectivity index (χ1v) is 7.75. The molecule has 0 saturated carbocycles. The van der Waals surface area contributed by atoms with Crippen LogP contribution in [0.2, 0.25) is 0 Å². The Balaban J connectivity index is 1.98. The lowest BCUT2D eigenvalue weighted by Gasteiger charge is -2.11. The quantitative estimate of drug-likeness (QED) is 0.568. The van der Waals surface area contributed by atoms with E-state index in [0.717, 1.165) is 31.0 Å². The van der Waals surface area contributed by atoms with Gasteiger partial charge in [0.1, 0.15) is 5.82 Å². The third-order valence-electron chi connectivity index (χ3n) is 3.28. The maximum absolute atomic E-state index is 11.6. The molecule has 0 aliphatic rings. The molecule has 2 N–H and O–H groups in total. The molecule has 128 valence electrons. The van der Waals surface area contributed by atoms with Gasteiger partial charge in [0.2, 0.25) is 5.95 Å². The average molecular weight is 329 g/mol. The van der Waals surface area contributed by atoms with E-state index in [1.165, 1.54) is 7.11 Å². The monoisotopic (exact) mass is 329 g/mol. The van der Waals surface area contributed by atoms with Crippen molar-refractivity contribution in [1.82, 2.24) is 14.9 Å². The number of nitrogens with one attached hydrogen (secondary N) is 2. The van der Waals surface area contributed by atoms with Crippen LogP contribution in [0.4, 0.5) is 17.5 Å². The third-order valence-corrected chi connectivity index (χ3v) is 3.28. The van der Waals surface area contributed by atoms with Crippen molar-refractivity contribution in [3.63, 3.8) is 0 Å². The second kappa shape index (κ2) is 8.83. The highest BCUT2D eigenvalue weighted by atomic mass is 16.5. The number of anilines is 3. The number of nitrogens with zero attached hydrogens (tertiary/aromatic N) is 3. The van der Waals surface area contributed by atoms with Crippen LogP contribution in [0, 0.1) is 0 Å². The summed E-state index contributed by atoms with van der Waals surface area (Å²) in [6.45, 7) is 1.86. The minimum atomic E-state index is -0.379. The van der Waals surface area contributed by atoms with Gasteiger partial charge in [0.15, 0.2) is 0 Å². The number of carbonyl (C=O) groups excluding carboxylic acids is 1. The molecule has 1 aromatic carbocycles. The Morgan fingerprint density at radius 2 is 2.12 bits per heavy atom. The molecule has 7 nitrogen and oxygen atoms in total. The van der Waals surface area contributed by atoms with Crippen molar-refractivity contribution >= 4 is 23.4 Å². The number of benzene rings is 1. The fourth-order valence-electron chi connectivity index (χ4n) is 2.10. The second-order valence-corrected chi connectivity index (χ2v) is 5.55. The van der Waals surface area contributed by atoms with Gasteiger partial charge in [-0.05, 0) is 51.3 Å². The fraction of sp³-hybridized carbons (Fsp3) is 0.353. The summed E-state index contributed by atoms with van der Waals surface area (Å²) in [4.78, 5) is 22.3. The molecule has 0 unspecified atom stereocenters. The van der Waals surface area contributed by atoms with Gasteiger partial charge in [0, 0.05) is 18.4 Å². The average Bonchev–Trinajstić information content (AvgIpc) is 2.58. The van der Waals surface area contributed by atoms with Crippen LogP contribution in [-0.2, 0) is 4.74 Å². The van der Waals surface area contributed by atoms with E-state index in [-0.39, 0.29) is 5.97 Å². The predicted octanol–water partition coefficient (Wildman–Crippen LogP) is 2.37. The smallest absolute Gasteiger partial charge is 0.337 e. The number of ether oxygens (including phenoxy) is 1. The zero-order valence-corrected chi connectivity index (χ0v) is 14.2. The van der Waals surface area contributed by atoms with Crippen LogP contribution in [0.25, 0.3) is 0 Å². The first-order chi connectivity index (χ1) is 11.6. The van der Waals surface area contributed by atoms with E-state index in [1.54, 1.807) is 24.4 Å². The topological polar surface area (TPSA) is 79.4 Å². The van der Waals surface area contributed by atoms with Crippen molar-refractivity contribution in [3.05, 3.63) is 42.1 Å². The minimum absolute atomic E-state index is 0.379. The summed E-state index contributed by atoms with van der Waals surface area (Å²) in [6, 6.07) is 8.84. The third kappa shape index (κ3) is 5.51. The van der Waals surface area contributed by atoms with E-state index in [1.807, 2.05) is 12.1 Å². The van der Waals surface area contributed by atoms with Crippen LogP contribution in [-0.4, -0.2) is 55.1 Å². The van der Waals surface area contributed by atoms with Gasteiger partial charge >= 0.3 is 5.97 Å². The van der Waals surface area contributed by atoms with Crippen LogP contribution in [0.3, 0.4) is 0 Å². The Kier molecular flexibility index (Phi) is 6.51. The molecular formula is C17H23N5O2. The maximum atomic E-state index is 11.6. The van der Waals surface area contributed by atoms with Gasteiger partial charge in [-0.3, -0.25) is 0 Å². The summed E-state index contributed by atoms with van der Waals surface area (Å²) in [6.07, 6.45) is 2.72. The summed E-state index contributed by atoms with van der Waals surface area (Å²) in [7, 11) is 5.46. The van der Waals surface area contributed by atoms with E-state index in [4.69, 9.17) is 4.74 Å². The zero-order chi connectivity index (χ0) is 17.4. The molecule has 7 heteroatoms. The van der Waals surface area contributed by atoms with Gasteiger partial charge < -0.3 is 20.3 Å². The van der Waals surface area contributed by atoms with E-state index in [2.05, 4.69) is 39.6 Å². The molecular weight excluding hydrogens is 306 g/mol. The normalized spacial score (nSPS) is 10.5. The second-order valence-electron chi connectivity index (χ2n) is 5.55. The maximum Gasteiger partial charge on any atom is 0.337 e. The molecule has 2 rings (SSSR count). The molecule has 2 aromatic rings. The molecule has 24 heavy (non-hydrogen) atoms. The number of hydrogen-bond acceptors (Lipinski definition) is 7. The Bertz CT molecular complexity index is 676. The minimum Gasteiger partial charge on any atom is -0.465 e. The van der Waals surface area contributed by atoms with E-state index < -0.39 is 0 Å². The molecule has 0 saturated heterocycles. The number of aromatic nitrogens is 2. The van der Waals surface area contributed by atoms with Gasteiger partial charge in [0.25, 0.3) is 0 Å². The van der Waals surface area contributed by atoms with E-state index in [9.17, 15) is 4.79 Å². The Labute approximate surface area is 142 Å². The molecule has 0 spiro atoms. The van der Waals surface area contributed by atoms with Gasteiger partial charge in [-0.25, -0.2) is 9.78 Å². The molecule has 0 aliphatic heterocycles. The van der Waals surface area contributed by atoms with Crippen molar-refractivity contribution in [3.8, 4) is 0 Å². The first kappa shape index (κ1) is 17.7. The Morgan fingerprint density at radius 3 is 2.88 bits per heavy atom. The first-order valence-electron chi connectivity index (χ1n) is 7.75. The van der Waals surface area contributed by atoms with E-state index in [0.29, 0.717) is 11.5 Å². The van der Waals surface area contributed by atoms with Crippen molar-refractivity contribution in [1.29, 1.82) is 0 Å². The van der Waals surface area contributed by atoms with E-state index >= 15 is 0 Å². The van der Waals surface area contributed by atoms with Gasteiger partial charge in [-0.2, -0.15) is 4.98 Å². The van der Waals surface area contributed by atoms with Crippen LogP contribution in [0.1, 0.15) is 16.8 Å². The number of hydrogen-bond donors (Lipinski definition) is 2. The van der Waals surface area contributed by atoms with Gasteiger partial charge in [-0.15, -0.1) is 0 Å². The highest BCUT2D eigenvalue weighted by Crippen LogP contribution is 2.16. The summed E-state index contributed by atoms with van der Waals surface area (Å²) in [5.74, 6) is 0.848. The van der Waals surface area contributed by atoms with Crippen molar-refractivity contribution in [2.45, 2.75) is 6.42 Å². The highest BCUT2D eigenvalue weighted by molar-refractivity contribution is 5.90. The molecule has 0 atom stereocenters. The lowest BCUT2D eigenvalue weighted by molar-refractivity contribution is 0.0601. The number of rotatable bonds is 8. The number of methoxy groups -OCH3 is 1. The molecule has 1 heterocycles. The highest BCUT2D eigenvalue weighted by Gasteiger charge is 2.06. The van der Waals surface area contributed by atoms with Gasteiger partial charge in [-0.1, -0.05) is 6.07 Å². The fourth-order valence-corrected chi connectivity index (χ4v) is 2.10. The molecule has 0 amide bonds. The SMILES string of the molecule is COC(=O)c1cccc(Nc2nccc(NCCCN(C)C)n2)c1. The van der Waals surface area contributed by atoms with Crippen molar-refractivity contribution in [2.75, 3.05) is 44.9 Å². The Morgan fingerprint density at radius 1 is 1.29 bits per heavy atom. The van der Waals surface area contributed by atoms with Crippen LogP contribution in [0.5, 0.6) is 0 Å². The summed E-state index contributed by atoms with van der Waals surface area (Å²) >= 11 is 0. The van der Waals surface area contributed by atoms with Crippen LogP contribution >= 0.6 is 0 Å². The number of carbonyl (C=O) groups is 1. The van der Waals surface area contributed by atoms with Crippen LogP contribution < -0.4 is 10.6 Å². The zero-order valence-electron chi connectivity index (χ0n) is 14.2. The summed E-state index contributed by atoms with van der Waals surface area (Å²) in [5.41, 5.74) is 1.20. The molecule has 0 fully saturated rings. The van der Waals surface area contributed by atoms with Crippen molar-refractivity contribution < 1.29 is 9.53 Å². The van der Waals surface area contributed by atoms with Gasteiger partial charge in [0.05, 0.1) is 12.7 Å². The summed E-state index contributed by atoms with van der Waals surface area (Å²) in [5, 5.41) is 6.37. The lowest BCUT2D eigenvalue weighted by Crippen LogP contribution is -2.16. The molecule has 1 aromatic heterocycles.